The molecule has 1 aromatic rings. The number of rotatable bonds is 6. The minimum atomic E-state index is -0.369. The highest BCUT2D eigenvalue weighted by Crippen LogP contribution is 2.15. The summed E-state index contributed by atoms with van der Waals surface area (Å²) in [5.74, 6) is -0.369. The first kappa shape index (κ1) is 13.4. The van der Waals surface area contributed by atoms with Crippen molar-refractivity contribution in [2.75, 3.05) is 13.1 Å². The predicted octanol–water partition coefficient (Wildman–Crippen LogP) is 2.57. The average Bonchev–Trinajstić information content (AvgIpc) is 2.28. The summed E-state index contributed by atoms with van der Waals surface area (Å²) in [7, 11) is 0. The Morgan fingerprint density at radius 3 is 2.81 bits per heavy atom. The third kappa shape index (κ3) is 4.47. The van der Waals surface area contributed by atoms with E-state index in [1.807, 2.05) is 0 Å². The van der Waals surface area contributed by atoms with Crippen LogP contribution in [0.15, 0.2) is 18.2 Å². The lowest BCUT2D eigenvalue weighted by atomic mass is 10.2. The molecule has 16 heavy (non-hydrogen) atoms. The van der Waals surface area contributed by atoms with Gasteiger partial charge in [-0.25, -0.2) is 4.39 Å². The van der Waals surface area contributed by atoms with Gasteiger partial charge in [-0.15, -0.1) is 0 Å². The number of benzene rings is 1. The monoisotopic (exact) mass is 244 g/mol. The summed E-state index contributed by atoms with van der Waals surface area (Å²) < 4.78 is 12.9. The Labute approximate surface area is 101 Å². The van der Waals surface area contributed by atoms with Gasteiger partial charge < -0.3 is 10.6 Å². The van der Waals surface area contributed by atoms with Crippen LogP contribution in [-0.2, 0) is 6.54 Å². The van der Waals surface area contributed by atoms with Crippen molar-refractivity contribution in [1.82, 2.24) is 10.6 Å². The number of nitrogens with one attached hydrogen (secondary N) is 2. The van der Waals surface area contributed by atoms with Crippen molar-refractivity contribution in [2.45, 2.75) is 26.4 Å². The molecular formula is C12H18ClFN2. The molecule has 1 unspecified atom stereocenters. The summed E-state index contributed by atoms with van der Waals surface area (Å²) in [4.78, 5) is 0. The molecule has 0 aliphatic heterocycles. The third-order valence-electron chi connectivity index (χ3n) is 2.34. The molecule has 4 heteroatoms. The number of hydrogen-bond donors (Lipinski definition) is 2. The van der Waals surface area contributed by atoms with Gasteiger partial charge in [0, 0.05) is 19.1 Å². The molecule has 2 N–H and O–H groups in total. The van der Waals surface area contributed by atoms with Crippen molar-refractivity contribution in [3.63, 3.8) is 0 Å². The van der Waals surface area contributed by atoms with Crippen LogP contribution in [0.5, 0.6) is 0 Å². The lowest BCUT2D eigenvalue weighted by molar-refractivity contribution is 0.508. The molecule has 0 bridgehead atoms. The van der Waals surface area contributed by atoms with E-state index in [4.69, 9.17) is 11.6 Å². The van der Waals surface area contributed by atoms with Crippen molar-refractivity contribution < 1.29 is 4.39 Å². The van der Waals surface area contributed by atoms with E-state index in [9.17, 15) is 4.39 Å². The second-order valence-corrected chi connectivity index (χ2v) is 4.25. The maximum atomic E-state index is 12.9. The summed E-state index contributed by atoms with van der Waals surface area (Å²) in [6.07, 6.45) is 0. The fraction of sp³-hybridized carbons (Fsp3) is 0.500. The smallest absolute Gasteiger partial charge is 0.141 e. The van der Waals surface area contributed by atoms with E-state index in [-0.39, 0.29) is 10.8 Å². The maximum Gasteiger partial charge on any atom is 0.141 e. The minimum Gasteiger partial charge on any atom is -0.315 e. The van der Waals surface area contributed by atoms with Gasteiger partial charge in [0.25, 0.3) is 0 Å². The van der Waals surface area contributed by atoms with Crippen molar-refractivity contribution >= 4 is 11.6 Å². The second-order valence-electron chi connectivity index (χ2n) is 3.84. The first-order valence-corrected chi connectivity index (χ1v) is 5.89. The molecule has 0 saturated heterocycles. The van der Waals surface area contributed by atoms with Crippen LogP contribution in [0.2, 0.25) is 5.02 Å². The zero-order chi connectivity index (χ0) is 12.0. The van der Waals surface area contributed by atoms with E-state index in [0.717, 1.165) is 18.7 Å². The molecule has 0 heterocycles. The van der Waals surface area contributed by atoms with Gasteiger partial charge in [-0.05, 0) is 31.2 Å². The number of likely N-dealkylation sites (N-methyl/N-ethyl adjacent to an activating group) is 1. The van der Waals surface area contributed by atoms with Gasteiger partial charge >= 0.3 is 0 Å². The van der Waals surface area contributed by atoms with Gasteiger partial charge in [0.05, 0.1) is 5.02 Å². The number of hydrogen-bond acceptors (Lipinski definition) is 2. The highest BCUT2D eigenvalue weighted by molar-refractivity contribution is 6.30. The van der Waals surface area contributed by atoms with Crippen molar-refractivity contribution in [3.8, 4) is 0 Å². The summed E-state index contributed by atoms with van der Waals surface area (Å²) in [6.45, 7) is 6.77. The van der Waals surface area contributed by atoms with Crippen LogP contribution < -0.4 is 10.6 Å². The van der Waals surface area contributed by atoms with E-state index in [1.54, 1.807) is 12.1 Å². The predicted molar refractivity (Wildman–Crippen MR) is 66.3 cm³/mol. The molecule has 0 saturated carbocycles. The summed E-state index contributed by atoms with van der Waals surface area (Å²) in [5, 5.41) is 6.77. The molecule has 0 radical (unpaired) electrons. The molecular weight excluding hydrogens is 227 g/mol. The largest absolute Gasteiger partial charge is 0.315 e. The van der Waals surface area contributed by atoms with Crippen molar-refractivity contribution in [3.05, 3.63) is 34.6 Å². The fourth-order valence-electron chi connectivity index (χ4n) is 1.37. The maximum absolute atomic E-state index is 12.9. The summed E-state index contributed by atoms with van der Waals surface area (Å²) in [5.41, 5.74) is 0.995. The molecule has 0 spiro atoms. The molecule has 0 aliphatic carbocycles. The summed E-state index contributed by atoms with van der Waals surface area (Å²) in [6, 6.07) is 5.18. The second kappa shape index (κ2) is 6.84. The minimum absolute atomic E-state index is 0.179. The quantitative estimate of drug-likeness (QED) is 0.804. The van der Waals surface area contributed by atoms with Crippen molar-refractivity contribution in [1.29, 1.82) is 0 Å². The zero-order valence-corrected chi connectivity index (χ0v) is 10.4. The Hall–Kier alpha value is -0.640. The fourth-order valence-corrected chi connectivity index (χ4v) is 1.58. The lowest BCUT2D eigenvalue weighted by Crippen LogP contribution is -2.35. The highest BCUT2D eigenvalue weighted by atomic mass is 35.5. The zero-order valence-electron chi connectivity index (χ0n) is 9.69. The Kier molecular flexibility index (Phi) is 5.74. The molecule has 1 rings (SSSR count). The normalized spacial score (nSPS) is 12.8. The highest BCUT2D eigenvalue weighted by Gasteiger charge is 2.03. The van der Waals surface area contributed by atoms with Crippen LogP contribution in [0.1, 0.15) is 19.4 Å². The first-order chi connectivity index (χ1) is 7.63. The van der Waals surface area contributed by atoms with E-state index in [1.165, 1.54) is 6.07 Å². The lowest BCUT2D eigenvalue weighted by Gasteiger charge is -2.14. The van der Waals surface area contributed by atoms with E-state index in [2.05, 4.69) is 24.5 Å². The Morgan fingerprint density at radius 1 is 1.44 bits per heavy atom. The molecule has 1 atom stereocenters. The molecule has 0 aliphatic rings. The third-order valence-corrected chi connectivity index (χ3v) is 2.63. The topological polar surface area (TPSA) is 24.1 Å². The van der Waals surface area contributed by atoms with Gasteiger partial charge in [-0.2, -0.15) is 0 Å². The van der Waals surface area contributed by atoms with Crippen LogP contribution in [0.3, 0.4) is 0 Å². The average molecular weight is 245 g/mol. The van der Waals surface area contributed by atoms with Crippen molar-refractivity contribution in [2.24, 2.45) is 0 Å². The number of halogens is 2. The molecule has 0 fully saturated rings. The molecule has 1 aromatic carbocycles. The van der Waals surface area contributed by atoms with E-state index >= 15 is 0 Å². The molecule has 0 amide bonds. The SMILES string of the molecule is CCNCC(C)NCc1ccc(F)c(Cl)c1. The standard InChI is InChI=1S/C12H18ClFN2/c1-3-15-7-9(2)16-8-10-4-5-12(14)11(13)6-10/h4-6,9,15-16H,3,7-8H2,1-2H3. The Morgan fingerprint density at radius 2 is 2.19 bits per heavy atom. The van der Waals surface area contributed by atoms with Gasteiger partial charge in [-0.1, -0.05) is 24.6 Å². The Balaban J connectivity index is 2.39. The summed E-state index contributed by atoms with van der Waals surface area (Å²) >= 11 is 5.70. The van der Waals surface area contributed by atoms with E-state index < -0.39 is 0 Å². The van der Waals surface area contributed by atoms with Gasteiger partial charge in [-0.3, -0.25) is 0 Å². The van der Waals surface area contributed by atoms with Crippen LogP contribution in [0.4, 0.5) is 4.39 Å². The van der Waals surface area contributed by atoms with Crippen LogP contribution in [-0.4, -0.2) is 19.1 Å². The Bertz CT molecular complexity index is 331. The van der Waals surface area contributed by atoms with Crippen LogP contribution in [0, 0.1) is 5.82 Å². The van der Waals surface area contributed by atoms with Gasteiger partial charge in [0.15, 0.2) is 0 Å². The van der Waals surface area contributed by atoms with Crippen LogP contribution in [0.25, 0.3) is 0 Å². The molecule has 90 valence electrons. The first-order valence-electron chi connectivity index (χ1n) is 5.51. The van der Waals surface area contributed by atoms with Gasteiger partial charge in [0.1, 0.15) is 5.82 Å². The van der Waals surface area contributed by atoms with Gasteiger partial charge in [0.2, 0.25) is 0 Å². The molecule has 2 nitrogen and oxygen atoms in total. The molecule has 0 aromatic heterocycles. The van der Waals surface area contributed by atoms with Crippen LogP contribution >= 0.6 is 11.6 Å². The van der Waals surface area contributed by atoms with E-state index in [0.29, 0.717) is 12.6 Å².